The van der Waals surface area contributed by atoms with Crippen LogP contribution < -0.4 is 10.6 Å². The third kappa shape index (κ3) is 4.50. The van der Waals surface area contributed by atoms with Gasteiger partial charge in [-0.15, -0.1) is 0 Å². The second-order valence-electron chi connectivity index (χ2n) is 4.57. The van der Waals surface area contributed by atoms with Gasteiger partial charge in [-0.1, -0.05) is 0 Å². The van der Waals surface area contributed by atoms with Gasteiger partial charge < -0.3 is 20.4 Å². The molecule has 1 aromatic heterocycles. The molecule has 1 aliphatic rings. The Bertz CT molecular complexity index is 345. The Morgan fingerprint density at radius 2 is 2.28 bits per heavy atom. The highest BCUT2D eigenvalue weighted by Gasteiger charge is 2.13. The quantitative estimate of drug-likeness (QED) is 0.700. The van der Waals surface area contributed by atoms with E-state index in [0.29, 0.717) is 25.7 Å². The molecule has 0 aromatic carbocycles. The van der Waals surface area contributed by atoms with E-state index in [4.69, 9.17) is 4.74 Å². The SMILES string of the molecule is O=C(CCOC1CCNCC1)NCc1cc[nH]c1. The molecule has 2 heterocycles. The van der Waals surface area contributed by atoms with Crippen molar-refractivity contribution in [2.45, 2.75) is 31.9 Å². The maximum atomic E-state index is 11.6. The van der Waals surface area contributed by atoms with E-state index in [9.17, 15) is 4.79 Å². The zero-order valence-electron chi connectivity index (χ0n) is 10.6. The standard InChI is InChI=1S/C13H21N3O2/c17-13(16-10-11-1-5-15-9-11)4-8-18-12-2-6-14-7-3-12/h1,5,9,12,14-15H,2-4,6-8,10H2,(H,16,17). The summed E-state index contributed by atoms with van der Waals surface area (Å²) < 4.78 is 5.68. The summed E-state index contributed by atoms with van der Waals surface area (Å²) in [6, 6.07) is 1.95. The number of carbonyl (C=O) groups excluding carboxylic acids is 1. The molecule has 1 amide bonds. The molecular formula is C13H21N3O2. The van der Waals surface area contributed by atoms with Crippen molar-refractivity contribution >= 4 is 5.91 Å². The van der Waals surface area contributed by atoms with Gasteiger partial charge in [0.1, 0.15) is 0 Å². The highest BCUT2D eigenvalue weighted by Crippen LogP contribution is 2.07. The Balaban J connectivity index is 1.54. The lowest BCUT2D eigenvalue weighted by Gasteiger charge is -2.22. The van der Waals surface area contributed by atoms with Crippen molar-refractivity contribution in [2.75, 3.05) is 19.7 Å². The van der Waals surface area contributed by atoms with Crippen molar-refractivity contribution < 1.29 is 9.53 Å². The van der Waals surface area contributed by atoms with Crippen molar-refractivity contribution in [3.05, 3.63) is 24.0 Å². The highest BCUT2D eigenvalue weighted by atomic mass is 16.5. The van der Waals surface area contributed by atoms with Crippen LogP contribution >= 0.6 is 0 Å². The molecule has 5 nitrogen and oxygen atoms in total. The van der Waals surface area contributed by atoms with Crippen LogP contribution in [0.25, 0.3) is 0 Å². The fourth-order valence-corrected chi connectivity index (χ4v) is 2.04. The largest absolute Gasteiger partial charge is 0.378 e. The number of aromatic amines is 1. The molecule has 0 spiro atoms. The maximum Gasteiger partial charge on any atom is 0.222 e. The Morgan fingerprint density at radius 1 is 1.44 bits per heavy atom. The van der Waals surface area contributed by atoms with Crippen LogP contribution in [0.5, 0.6) is 0 Å². The first-order valence-corrected chi connectivity index (χ1v) is 6.55. The minimum Gasteiger partial charge on any atom is -0.378 e. The zero-order chi connectivity index (χ0) is 12.6. The van der Waals surface area contributed by atoms with Crippen molar-refractivity contribution in [3.63, 3.8) is 0 Å². The van der Waals surface area contributed by atoms with E-state index in [2.05, 4.69) is 15.6 Å². The molecular weight excluding hydrogens is 230 g/mol. The molecule has 0 radical (unpaired) electrons. The van der Waals surface area contributed by atoms with E-state index in [1.54, 1.807) is 0 Å². The number of rotatable bonds is 6. The molecule has 1 fully saturated rings. The average Bonchev–Trinajstić information content (AvgIpc) is 2.91. The van der Waals surface area contributed by atoms with Crippen molar-refractivity contribution in [1.82, 2.24) is 15.6 Å². The van der Waals surface area contributed by atoms with Crippen molar-refractivity contribution in [2.24, 2.45) is 0 Å². The summed E-state index contributed by atoms with van der Waals surface area (Å²) in [5.74, 6) is 0.0464. The van der Waals surface area contributed by atoms with Crippen molar-refractivity contribution in [1.29, 1.82) is 0 Å². The van der Waals surface area contributed by atoms with Crippen LogP contribution in [0.15, 0.2) is 18.5 Å². The number of carbonyl (C=O) groups is 1. The molecule has 0 aliphatic carbocycles. The minimum atomic E-state index is 0.0464. The van der Waals surface area contributed by atoms with Crippen LogP contribution in [0.4, 0.5) is 0 Å². The molecule has 0 bridgehead atoms. The van der Waals surface area contributed by atoms with Gasteiger partial charge in [-0.3, -0.25) is 4.79 Å². The molecule has 2 rings (SSSR count). The fourth-order valence-electron chi connectivity index (χ4n) is 2.04. The van der Waals surface area contributed by atoms with Gasteiger partial charge >= 0.3 is 0 Å². The highest BCUT2D eigenvalue weighted by molar-refractivity contribution is 5.75. The number of piperidine rings is 1. The van der Waals surface area contributed by atoms with E-state index in [1.165, 1.54) is 0 Å². The van der Waals surface area contributed by atoms with Crippen LogP contribution in [0.2, 0.25) is 0 Å². The molecule has 1 aromatic rings. The second-order valence-corrected chi connectivity index (χ2v) is 4.57. The van der Waals surface area contributed by atoms with Crippen LogP contribution in [-0.2, 0) is 16.1 Å². The van der Waals surface area contributed by atoms with Gasteiger partial charge in [0.2, 0.25) is 5.91 Å². The Labute approximate surface area is 107 Å². The van der Waals surface area contributed by atoms with Gasteiger partial charge in [0.15, 0.2) is 0 Å². The number of ether oxygens (including phenoxy) is 1. The molecule has 5 heteroatoms. The Hall–Kier alpha value is -1.33. The number of H-pyrrole nitrogens is 1. The monoisotopic (exact) mass is 251 g/mol. The summed E-state index contributed by atoms with van der Waals surface area (Å²) in [7, 11) is 0. The number of amides is 1. The van der Waals surface area contributed by atoms with Gasteiger partial charge in [-0.25, -0.2) is 0 Å². The molecule has 0 saturated carbocycles. The number of nitrogens with one attached hydrogen (secondary N) is 3. The predicted molar refractivity (Wildman–Crippen MR) is 69.1 cm³/mol. The Kier molecular flexibility index (Phi) is 5.23. The van der Waals surface area contributed by atoms with Gasteiger partial charge in [-0.2, -0.15) is 0 Å². The van der Waals surface area contributed by atoms with Gasteiger partial charge in [0.05, 0.1) is 12.7 Å². The fraction of sp³-hybridized carbons (Fsp3) is 0.615. The van der Waals surface area contributed by atoms with E-state index in [1.807, 2.05) is 18.5 Å². The van der Waals surface area contributed by atoms with Gasteiger partial charge in [0, 0.05) is 25.4 Å². The summed E-state index contributed by atoms with van der Waals surface area (Å²) in [5, 5.41) is 6.16. The Morgan fingerprint density at radius 3 is 3.00 bits per heavy atom. The van der Waals surface area contributed by atoms with Gasteiger partial charge in [-0.05, 0) is 37.6 Å². The van der Waals surface area contributed by atoms with Crippen LogP contribution in [0.1, 0.15) is 24.8 Å². The molecule has 1 aliphatic heterocycles. The lowest BCUT2D eigenvalue weighted by atomic mass is 10.1. The zero-order valence-corrected chi connectivity index (χ0v) is 10.6. The first kappa shape index (κ1) is 13.1. The maximum absolute atomic E-state index is 11.6. The number of hydrogen-bond donors (Lipinski definition) is 3. The first-order chi connectivity index (χ1) is 8.84. The smallest absolute Gasteiger partial charge is 0.222 e. The third-order valence-electron chi connectivity index (χ3n) is 3.12. The molecule has 18 heavy (non-hydrogen) atoms. The van der Waals surface area contributed by atoms with E-state index >= 15 is 0 Å². The summed E-state index contributed by atoms with van der Waals surface area (Å²) >= 11 is 0. The predicted octanol–water partition coefficient (Wildman–Crippen LogP) is 0.790. The van der Waals surface area contributed by atoms with E-state index in [0.717, 1.165) is 31.5 Å². The number of aromatic nitrogens is 1. The van der Waals surface area contributed by atoms with E-state index in [-0.39, 0.29) is 5.91 Å². The minimum absolute atomic E-state index is 0.0464. The first-order valence-electron chi connectivity index (χ1n) is 6.55. The summed E-state index contributed by atoms with van der Waals surface area (Å²) in [4.78, 5) is 14.5. The topological polar surface area (TPSA) is 66.2 Å². The normalized spacial score (nSPS) is 16.7. The van der Waals surface area contributed by atoms with Crippen LogP contribution in [-0.4, -0.2) is 36.7 Å². The summed E-state index contributed by atoms with van der Waals surface area (Å²) in [6.07, 6.45) is 6.58. The van der Waals surface area contributed by atoms with Gasteiger partial charge in [0.25, 0.3) is 0 Å². The second kappa shape index (κ2) is 7.18. The lowest BCUT2D eigenvalue weighted by Crippen LogP contribution is -2.33. The average molecular weight is 251 g/mol. The van der Waals surface area contributed by atoms with Crippen LogP contribution in [0.3, 0.4) is 0 Å². The third-order valence-corrected chi connectivity index (χ3v) is 3.12. The molecule has 0 atom stereocenters. The lowest BCUT2D eigenvalue weighted by molar-refractivity contribution is -0.122. The van der Waals surface area contributed by atoms with E-state index < -0.39 is 0 Å². The van der Waals surface area contributed by atoms with Crippen LogP contribution in [0, 0.1) is 0 Å². The molecule has 0 unspecified atom stereocenters. The molecule has 1 saturated heterocycles. The molecule has 100 valence electrons. The summed E-state index contributed by atoms with van der Waals surface area (Å²) in [6.45, 7) is 3.13. The van der Waals surface area contributed by atoms with Crippen molar-refractivity contribution in [3.8, 4) is 0 Å². The summed E-state index contributed by atoms with van der Waals surface area (Å²) in [5.41, 5.74) is 1.09. The molecule has 3 N–H and O–H groups in total. The number of hydrogen-bond acceptors (Lipinski definition) is 3.